The Morgan fingerprint density at radius 1 is 1.77 bits per heavy atom. The third-order valence-electron chi connectivity index (χ3n) is 2.10. The number of hydrogen-bond acceptors (Lipinski definition) is 2. The van der Waals surface area contributed by atoms with Crippen molar-refractivity contribution in [2.24, 2.45) is 5.73 Å². The van der Waals surface area contributed by atoms with Crippen LogP contribution in [0, 0.1) is 0 Å². The molecule has 1 heterocycles. The first-order chi connectivity index (χ1) is 5.96. The summed E-state index contributed by atoms with van der Waals surface area (Å²) in [4.78, 5) is 13.3. The summed E-state index contributed by atoms with van der Waals surface area (Å²) in [6.07, 6.45) is 4.22. The molecule has 1 fully saturated rings. The van der Waals surface area contributed by atoms with Gasteiger partial charge in [-0.05, 0) is 26.3 Å². The Labute approximate surface area is 92.5 Å². The van der Waals surface area contributed by atoms with Gasteiger partial charge in [0.1, 0.15) is 0 Å². The molecule has 2 N–H and O–H groups in total. The van der Waals surface area contributed by atoms with E-state index in [0.29, 0.717) is 6.54 Å². The predicted octanol–water partition coefficient (Wildman–Crippen LogP) is 1.27. The quantitative estimate of drug-likeness (QED) is 0.343. The molecule has 0 radical (unpaired) electrons. The van der Waals surface area contributed by atoms with Gasteiger partial charge in [-0.3, -0.25) is 4.79 Å². The van der Waals surface area contributed by atoms with Gasteiger partial charge in [-0.25, -0.2) is 0 Å². The fourth-order valence-electron chi connectivity index (χ4n) is 1.50. The number of rotatable bonds is 1. The first kappa shape index (κ1) is 11.0. The van der Waals surface area contributed by atoms with Crippen LogP contribution >= 0.6 is 22.6 Å². The molecule has 1 aliphatic rings. The first-order valence-electron chi connectivity index (χ1n) is 4.32. The molecule has 4 heteroatoms. The second-order valence-corrected chi connectivity index (χ2v) is 5.20. The average Bonchev–Trinajstić information content (AvgIpc) is 2.25. The van der Waals surface area contributed by atoms with Gasteiger partial charge in [0, 0.05) is 12.1 Å². The lowest BCUT2D eigenvalue weighted by molar-refractivity contribution is -0.125. The highest BCUT2D eigenvalue weighted by molar-refractivity contribution is 14.1. The van der Waals surface area contributed by atoms with E-state index in [1.54, 1.807) is 12.2 Å². The molecule has 0 saturated carbocycles. The highest BCUT2D eigenvalue weighted by atomic mass is 127. The number of alkyl halides is 1. The third-order valence-corrected chi connectivity index (χ3v) is 3.21. The van der Waals surface area contributed by atoms with Crippen molar-refractivity contribution in [2.45, 2.75) is 29.9 Å². The van der Waals surface area contributed by atoms with Gasteiger partial charge in [0.25, 0.3) is 0 Å². The van der Waals surface area contributed by atoms with Crippen molar-refractivity contribution in [1.82, 2.24) is 4.90 Å². The maximum absolute atomic E-state index is 11.5. The fraction of sp³-hybridized carbons (Fsp3) is 0.667. The molecule has 1 saturated heterocycles. The van der Waals surface area contributed by atoms with Crippen molar-refractivity contribution in [3.63, 3.8) is 0 Å². The lowest BCUT2D eigenvalue weighted by Crippen LogP contribution is -2.40. The van der Waals surface area contributed by atoms with E-state index < -0.39 is 0 Å². The highest BCUT2D eigenvalue weighted by Gasteiger charge is 2.38. The number of allylic oxidation sites excluding steroid dienone is 1. The van der Waals surface area contributed by atoms with Gasteiger partial charge in [0.2, 0.25) is 5.91 Å². The van der Waals surface area contributed by atoms with Crippen LogP contribution in [0.5, 0.6) is 0 Å². The van der Waals surface area contributed by atoms with Gasteiger partial charge in [0.05, 0.1) is 4.05 Å². The van der Waals surface area contributed by atoms with Gasteiger partial charge >= 0.3 is 0 Å². The Morgan fingerprint density at radius 2 is 2.38 bits per heavy atom. The van der Waals surface area contributed by atoms with Gasteiger partial charge in [-0.2, -0.15) is 0 Å². The zero-order valence-corrected chi connectivity index (χ0v) is 10.1. The zero-order chi connectivity index (χ0) is 10.1. The molecule has 74 valence electrons. The summed E-state index contributed by atoms with van der Waals surface area (Å²) in [5.41, 5.74) is 5.75. The van der Waals surface area contributed by atoms with Crippen LogP contribution in [0.2, 0.25) is 0 Å². The monoisotopic (exact) mass is 294 g/mol. The second kappa shape index (κ2) is 3.96. The number of carbonyl (C=O) groups excluding carboxylic acids is 1. The zero-order valence-electron chi connectivity index (χ0n) is 7.96. The van der Waals surface area contributed by atoms with Crippen molar-refractivity contribution in [3.05, 3.63) is 12.2 Å². The van der Waals surface area contributed by atoms with Crippen LogP contribution in [0.25, 0.3) is 0 Å². The number of nitrogens with two attached hydrogens (primary N) is 1. The summed E-state index contributed by atoms with van der Waals surface area (Å²) in [5.74, 6) is 0.0658. The van der Waals surface area contributed by atoms with Crippen LogP contribution in [-0.2, 0) is 4.79 Å². The normalized spacial score (nSPS) is 34.5. The van der Waals surface area contributed by atoms with Crippen LogP contribution in [0.15, 0.2) is 12.2 Å². The van der Waals surface area contributed by atoms with E-state index in [4.69, 9.17) is 5.73 Å². The Kier molecular flexibility index (Phi) is 3.34. The van der Waals surface area contributed by atoms with Gasteiger partial charge in [-0.1, -0.05) is 28.7 Å². The molecule has 3 nitrogen and oxygen atoms in total. The number of likely N-dealkylation sites (tertiary alicyclic amines) is 1. The molecule has 1 amide bonds. The van der Waals surface area contributed by atoms with E-state index in [-0.39, 0.29) is 15.5 Å². The Balaban J connectivity index is 2.68. The van der Waals surface area contributed by atoms with E-state index in [1.165, 1.54) is 0 Å². The number of halogens is 1. The summed E-state index contributed by atoms with van der Waals surface area (Å²) < 4.78 is 0.233. The van der Waals surface area contributed by atoms with Crippen LogP contribution < -0.4 is 5.73 Å². The van der Waals surface area contributed by atoms with Crippen molar-refractivity contribution in [1.29, 1.82) is 0 Å². The third kappa shape index (κ3) is 2.67. The smallest absolute Gasteiger partial charge is 0.247 e. The van der Waals surface area contributed by atoms with Gasteiger partial charge in [0.15, 0.2) is 0 Å². The molecule has 0 bridgehead atoms. The maximum atomic E-state index is 11.5. The molecule has 0 aromatic carbocycles. The molecule has 0 aromatic rings. The van der Waals surface area contributed by atoms with Gasteiger partial charge < -0.3 is 10.6 Å². The minimum atomic E-state index is -0.219. The predicted molar refractivity (Wildman–Crippen MR) is 61.5 cm³/mol. The van der Waals surface area contributed by atoms with Crippen LogP contribution in [0.1, 0.15) is 20.3 Å². The minimum absolute atomic E-state index is 0.0658. The summed E-state index contributed by atoms with van der Waals surface area (Å²) >= 11 is 2.27. The molecule has 1 aliphatic heterocycles. The lowest BCUT2D eigenvalue weighted by Gasteiger charge is -2.19. The van der Waals surface area contributed by atoms with Crippen molar-refractivity contribution < 1.29 is 4.79 Å². The van der Waals surface area contributed by atoms with Crippen LogP contribution in [0.3, 0.4) is 0 Å². The average molecular weight is 294 g/mol. The molecule has 0 aromatic heterocycles. The highest BCUT2D eigenvalue weighted by Crippen LogP contribution is 2.28. The number of hydrogen-bond donors (Lipinski definition) is 1. The van der Waals surface area contributed by atoms with Crippen molar-refractivity contribution >= 4 is 28.5 Å². The van der Waals surface area contributed by atoms with E-state index in [9.17, 15) is 4.79 Å². The van der Waals surface area contributed by atoms with E-state index >= 15 is 0 Å². The summed E-state index contributed by atoms with van der Waals surface area (Å²) in [7, 11) is 0. The molecule has 0 spiro atoms. The Morgan fingerprint density at radius 3 is 2.77 bits per heavy atom. The van der Waals surface area contributed by atoms with Crippen LogP contribution in [0.4, 0.5) is 0 Å². The Hall–Kier alpha value is -0.100. The SMILES string of the molecule is C/C=C/C(=O)N1C[C@](C)(N)C[C@@H]1I. The molecular formula is C9H15IN2O. The number of carbonyl (C=O) groups is 1. The Bertz CT molecular complexity index is 238. The second-order valence-electron chi connectivity index (χ2n) is 3.76. The van der Waals surface area contributed by atoms with E-state index in [1.807, 2.05) is 18.7 Å². The summed E-state index contributed by atoms with van der Waals surface area (Å²) in [6, 6.07) is 0. The van der Waals surface area contributed by atoms with E-state index in [0.717, 1.165) is 6.42 Å². The maximum Gasteiger partial charge on any atom is 0.247 e. The molecule has 0 aliphatic carbocycles. The number of nitrogens with zero attached hydrogens (tertiary/aromatic N) is 1. The summed E-state index contributed by atoms with van der Waals surface area (Å²) in [6.45, 7) is 4.49. The lowest BCUT2D eigenvalue weighted by atomic mass is 10.0. The van der Waals surface area contributed by atoms with E-state index in [2.05, 4.69) is 22.6 Å². The largest absolute Gasteiger partial charge is 0.325 e. The minimum Gasteiger partial charge on any atom is -0.325 e. The van der Waals surface area contributed by atoms with Gasteiger partial charge in [-0.15, -0.1) is 0 Å². The van der Waals surface area contributed by atoms with Crippen LogP contribution in [-0.4, -0.2) is 26.9 Å². The molecule has 2 atom stereocenters. The first-order valence-corrected chi connectivity index (χ1v) is 5.57. The molecule has 0 unspecified atom stereocenters. The van der Waals surface area contributed by atoms with Crippen molar-refractivity contribution in [3.8, 4) is 0 Å². The molecular weight excluding hydrogens is 279 g/mol. The molecule has 1 rings (SSSR count). The fourth-order valence-corrected chi connectivity index (χ4v) is 2.98. The number of amides is 1. The van der Waals surface area contributed by atoms with Crippen molar-refractivity contribution in [2.75, 3.05) is 6.54 Å². The summed E-state index contributed by atoms with van der Waals surface area (Å²) in [5, 5.41) is 0. The topological polar surface area (TPSA) is 46.3 Å². The molecule has 13 heavy (non-hydrogen) atoms. The standard InChI is InChI=1S/C9H15IN2O/c1-3-4-8(13)12-6-9(2,11)5-7(12)10/h3-4,7H,5-6,11H2,1-2H3/b4-3+/t7-,9-/m1/s1.